The van der Waals surface area contributed by atoms with Gasteiger partial charge in [0.15, 0.2) is 11.0 Å². The first-order valence-corrected chi connectivity index (χ1v) is 11.4. The van der Waals surface area contributed by atoms with Crippen LogP contribution in [0, 0.1) is 0 Å². The number of hydrogen-bond acceptors (Lipinski definition) is 5. The van der Waals surface area contributed by atoms with Gasteiger partial charge in [0.05, 0.1) is 21.9 Å². The molecule has 0 aliphatic heterocycles. The third kappa shape index (κ3) is 4.98. The lowest BCUT2D eigenvalue weighted by atomic mass is 10.1. The standard InChI is InChI=1S/C21H14ClF3N4OS2/c22-13-8-9-16(15(11-13)21(23,24)25)26-18(30)12-32-20-28-27-19(17-7-4-10-31-17)29(20)14-5-2-1-3-6-14/h1-11H,12H2,(H,26,30). The number of rotatable bonds is 6. The molecule has 0 aliphatic rings. The normalized spacial score (nSPS) is 11.5. The van der Waals surface area contributed by atoms with E-state index in [-0.39, 0.29) is 16.5 Å². The number of carbonyl (C=O) groups excluding carboxylic acids is 1. The van der Waals surface area contributed by atoms with Crippen molar-refractivity contribution in [2.45, 2.75) is 11.3 Å². The molecule has 0 spiro atoms. The monoisotopic (exact) mass is 494 g/mol. The zero-order valence-corrected chi connectivity index (χ0v) is 18.5. The first-order chi connectivity index (χ1) is 15.3. The van der Waals surface area contributed by atoms with Gasteiger partial charge in [0.25, 0.3) is 0 Å². The lowest BCUT2D eigenvalue weighted by Crippen LogP contribution is -2.18. The summed E-state index contributed by atoms with van der Waals surface area (Å²) in [6.45, 7) is 0. The van der Waals surface area contributed by atoms with Crippen molar-refractivity contribution in [2.75, 3.05) is 11.1 Å². The number of carbonyl (C=O) groups is 1. The van der Waals surface area contributed by atoms with Gasteiger partial charge in [-0.25, -0.2) is 0 Å². The summed E-state index contributed by atoms with van der Waals surface area (Å²) in [5.74, 6) is -0.149. The van der Waals surface area contributed by atoms with E-state index >= 15 is 0 Å². The molecule has 164 valence electrons. The second-order valence-corrected chi connectivity index (χ2v) is 8.81. The number of thioether (sulfide) groups is 1. The predicted molar refractivity (Wildman–Crippen MR) is 120 cm³/mol. The minimum Gasteiger partial charge on any atom is -0.325 e. The van der Waals surface area contributed by atoms with Crippen molar-refractivity contribution < 1.29 is 18.0 Å². The number of aromatic nitrogens is 3. The number of benzene rings is 2. The molecule has 2 heterocycles. The molecule has 1 amide bonds. The molecule has 0 aliphatic carbocycles. The predicted octanol–water partition coefficient (Wildman–Crippen LogP) is 6.40. The highest BCUT2D eigenvalue weighted by atomic mass is 35.5. The van der Waals surface area contributed by atoms with Gasteiger partial charge < -0.3 is 5.32 Å². The van der Waals surface area contributed by atoms with Gasteiger partial charge in [-0.15, -0.1) is 21.5 Å². The molecule has 0 saturated heterocycles. The molecule has 0 bridgehead atoms. The van der Waals surface area contributed by atoms with E-state index in [1.54, 1.807) is 0 Å². The Hall–Kier alpha value is -2.82. The van der Waals surface area contributed by atoms with Gasteiger partial charge in [0.1, 0.15) is 0 Å². The number of amides is 1. The molecule has 0 unspecified atom stereocenters. The van der Waals surface area contributed by atoms with E-state index in [1.807, 2.05) is 52.4 Å². The maximum absolute atomic E-state index is 13.3. The summed E-state index contributed by atoms with van der Waals surface area (Å²) in [7, 11) is 0. The summed E-state index contributed by atoms with van der Waals surface area (Å²) < 4.78 is 41.6. The molecule has 0 fully saturated rings. The van der Waals surface area contributed by atoms with Crippen LogP contribution in [0.4, 0.5) is 18.9 Å². The van der Waals surface area contributed by atoms with Gasteiger partial charge in [-0.05, 0) is 41.8 Å². The van der Waals surface area contributed by atoms with Crippen molar-refractivity contribution in [3.8, 4) is 16.4 Å². The van der Waals surface area contributed by atoms with Crippen LogP contribution in [0.2, 0.25) is 5.02 Å². The van der Waals surface area contributed by atoms with Crippen LogP contribution >= 0.6 is 34.7 Å². The Kier molecular flexibility index (Phi) is 6.54. The molecule has 4 aromatic rings. The number of thiophene rings is 1. The lowest BCUT2D eigenvalue weighted by Gasteiger charge is -2.14. The zero-order chi connectivity index (χ0) is 22.7. The van der Waals surface area contributed by atoms with E-state index in [9.17, 15) is 18.0 Å². The summed E-state index contributed by atoms with van der Waals surface area (Å²) >= 11 is 8.27. The first-order valence-electron chi connectivity index (χ1n) is 9.17. The van der Waals surface area contributed by atoms with Gasteiger partial charge in [-0.3, -0.25) is 9.36 Å². The van der Waals surface area contributed by atoms with Gasteiger partial charge in [-0.1, -0.05) is 47.6 Å². The lowest BCUT2D eigenvalue weighted by molar-refractivity contribution is -0.137. The van der Waals surface area contributed by atoms with Crippen molar-refractivity contribution in [1.29, 1.82) is 0 Å². The van der Waals surface area contributed by atoms with Crippen LogP contribution in [0.15, 0.2) is 71.2 Å². The number of hydrogen-bond donors (Lipinski definition) is 1. The van der Waals surface area contributed by atoms with E-state index in [1.165, 1.54) is 17.4 Å². The molecule has 4 rings (SSSR count). The molecule has 0 radical (unpaired) electrons. The Balaban J connectivity index is 1.56. The first kappa shape index (κ1) is 22.4. The van der Waals surface area contributed by atoms with Crippen LogP contribution in [0.1, 0.15) is 5.56 Å². The fourth-order valence-electron chi connectivity index (χ4n) is 2.92. The third-order valence-corrected chi connectivity index (χ3v) is 6.31. The summed E-state index contributed by atoms with van der Waals surface area (Å²) in [4.78, 5) is 13.3. The van der Waals surface area contributed by atoms with Crippen LogP contribution in [0.3, 0.4) is 0 Å². The van der Waals surface area contributed by atoms with Crippen molar-refractivity contribution in [1.82, 2.24) is 14.8 Å². The fraction of sp³-hybridized carbons (Fsp3) is 0.0952. The quantitative estimate of drug-likeness (QED) is 0.315. The minimum atomic E-state index is -4.65. The van der Waals surface area contributed by atoms with Crippen molar-refractivity contribution in [2.24, 2.45) is 0 Å². The van der Waals surface area contributed by atoms with Crippen LogP contribution in [-0.2, 0) is 11.0 Å². The number of para-hydroxylation sites is 1. The number of nitrogens with zero attached hydrogens (tertiary/aromatic N) is 3. The maximum Gasteiger partial charge on any atom is 0.418 e. The summed E-state index contributed by atoms with van der Waals surface area (Å²) in [6.07, 6.45) is -4.65. The molecule has 0 atom stereocenters. The molecule has 11 heteroatoms. The smallest absolute Gasteiger partial charge is 0.325 e. The Labute approximate surface area is 194 Å². The molecule has 2 aromatic heterocycles. The average Bonchev–Trinajstić information content (AvgIpc) is 3.43. The zero-order valence-electron chi connectivity index (χ0n) is 16.1. The second-order valence-electron chi connectivity index (χ2n) is 6.48. The van der Waals surface area contributed by atoms with Crippen LogP contribution in [0.25, 0.3) is 16.4 Å². The maximum atomic E-state index is 13.3. The molecule has 2 aromatic carbocycles. The summed E-state index contributed by atoms with van der Waals surface area (Å²) in [5.41, 5.74) is -0.548. The Morgan fingerprint density at radius 2 is 1.88 bits per heavy atom. The third-order valence-electron chi connectivity index (χ3n) is 4.28. The van der Waals surface area contributed by atoms with Crippen LogP contribution in [0.5, 0.6) is 0 Å². The number of nitrogens with one attached hydrogen (secondary N) is 1. The van der Waals surface area contributed by atoms with Crippen LogP contribution in [-0.4, -0.2) is 26.4 Å². The van der Waals surface area contributed by atoms with Gasteiger partial charge in [0.2, 0.25) is 5.91 Å². The van der Waals surface area contributed by atoms with Gasteiger partial charge in [-0.2, -0.15) is 13.2 Å². The van der Waals surface area contributed by atoms with Gasteiger partial charge in [0, 0.05) is 10.7 Å². The largest absolute Gasteiger partial charge is 0.418 e. The highest BCUT2D eigenvalue weighted by Gasteiger charge is 2.34. The molecule has 5 nitrogen and oxygen atoms in total. The Bertz CT molecular complexity index is 1230. The molecular weight excluding hydrogens is 481 g/mol. The van der Waals surface area contributed by atoms with E-state index in [0.29, 0.717) is 11.0 Å². The number of anilines is 1. The average molecular weight is 495 g/mol. The molecule has 0 saturated carbocycles. The highest BCUT2D eigenvalue weighted by Crippen LogP contribution is 2.37. The minimum absolute atomic E-state index is 0.0678. The Morgan fingerprint density at radius 1 is 1.09 bits per heavy atom. The highest BCUT2D eigenvalue weighted by molar-refractivity contribution is 7.99. The van der Waals surface area contributed by atoms with Crippen LogP contribution < -0.4 is 5.32 Å². The molecule has 1 N–H and O–H groups in total. The number of alkyl halides is 3. The van der Waals surface area contributed by atoms with E-state index in [2.05, 4.69) is 15.5 Å². The van der Waals surface area contributed by atoms with E-state index in [4.69, 9.17) is 11.6 Å². The van der Waals surface area contributed by atoms with Crippen molar-refractivity contribution in [3.05, 3.63) is 76.6 Å². The molecular formula is C21H14ClF3N4OS2. The second kappa shape index (κ2) is 9.35. The van der Waals surface area contributed by atoms with Gasteiger partial charge >= 0.3 is 6.18 Å². The topological polar surface area (TPSA) is 59.8 Å². The van der Waals surface area contributed by atoms with Crippen molar-refractivity contribution >= 4 is 46.3 Å². The Morgan fingerprint density at radius 3 is 2.56 bits per heavy atom. The fourth-order valence-corrected chi connectivity index (χ4v) is 4.54. The molecule has 32 heavy (non-hydrogen) atoms. The summed E-state index contributed by atoms with van der Waals surface area (Å²) in [6, 6.07) is 16.4. The SMILES string of the molecule is O=C(CSc1nnc(-c2cccs2)n1-c1ccccc1)Nc1ccc(Cl)cc1C(F)(F)F. The van der Waals surface area contributed by atoms with E-state index in [0.717, 1.165) is 34.5 Å². The van der Waals surface area contributed by atoms with E-state index < -0.39 is 17.6 Å². The number of halogens is 4. The summed E-state index contributed by atoms with van der Waals surface area (Å²) in [5, 5.41) is 13.1. The van der Waals surface area contributed by atoms with Crippen molar-refractivity contribution in [3.63, 3.8) is 0 Å².